The van der Waals surface area contributed by atoms with Gasteiger partial charge in [0.05, 0.1) is 6.54 Å². The summed E-state index contributed by atoms with van der Waals surface area (Å²) < 4.78 is 0. The molecule has 0 spiro atoms. The fraction of sp³-hybridized carbons (Fsp3) is 0.333. The van der Waals surface area contributed by atoms with Crippen molar-refractivity contribution in [1.82, 2.24) is 10.3 Å². The van der Waals surface area contributed by atoms with Gasteiger partial charge in [0.1, 0.15) is 0 Å². The maximum absolute atomic E-state index is 5.56. The zero-order chi connectivity index (χ0) is 9.52. The van der Waals surface area contributed by atoms with Crippen molar-refractivity contribution in [3.8, 4) is 0 Å². The van der Waals surface area contributed by atoms with Gasteiger partial charge in [0.15, 0.2) is 5.96 Å². The predicted octanol–water partition coefficient (Wildman–Crippen LogP) is 0.506. The van der Waals surface area contributed by atoms with E-state index in [-0.39, 0.29) is 0 Å². The zero-order valence-electron chi connectivity index (χ0n) is 7.70. The molecule has 1 heterocycles. The topological polar surface area (TPSA) is 63.3 Å². The normalized spacial score (nSPS) is 11.3. The van der Waals surface area contributed by atoms with Gasteiger partial charge in [-0.25, -0.2) is 4.99 Å². The monoisotopic (exact) mass is 178 g/mol. The van der Waals surface area contributed by atoms with Crippen molar-refractivity contribution >= 4 is 5.96 Å². The summed E-state index contributed by atoms with van der Waals surface area (Å²) in [6, 6.07) is 3.84. The molecular formula is C9H14N4. The zero-order valence-corrected chi connectivity index (χ0v) is 7.70. The van der Waals surface area contributed by atoms with E-state index in [2.05, 4.69) is 15.3 Å². The van der Waals surface area contributed by atoms with Gasteiger partial charge in [-0.2, -0.15) is 0 Å². The van der Waals surface area contributed by atoms with Crippen LogP contribution in [0.5, 0.6) is 0 Å². The van der Waals surface area contributed by atoms with E-state index < -0.39 is 0 Å². The van der Waals surface area contributed by atoms with E-state index in [0.717, 1.165) is 12.1 Å². The summed E-state index contributed by atoms with van der Waals surface area (Å²) in [6.07, 6.45) is 3.49. The number of aromatic nitrogens is 1. The SMILES string of the molecule is CCNC(N)=NCc1ccncc1. The van der Waals surface area contributed by atoms with Crippen molar-refractivity contribution < 1.29 is 0 Å². The molecule has 0 bridgehead atoms. The molecule has 0 saturated carbocycles. The lowest BCUT2D eigenvalue weighted by atomic mass is 10.3. The average Bonchev–Trinajstić information content (AvgIpc) is 2.17. The number of aliphatic imine (C=N–C) groups is 1. The highest BCUT2D eigenvalue weighted by molar-refractivity contribution is 5.77. The minimum atomic E-state index is 0.485. The van der Waals surface area contributed by atoms with Crippen LogP contribution in [-0.4, -0.2) is 17.5 Å². The number of nitrogens with two attached hydrogens (primary N) is 1. The second-order valence-corrected chi connectivity index (χ2v) is 2.59. The first-order valence-corrected chi connectivity index (χ1v) is 4.25. The fourth-order valence-corrected chi connectivity index (χ4v) is 0.902. The summed E-state index contributed by atoms with van der Waals surface area (Å²) in [5, 5.41) is 2.93. The molecule has 0 aliphatic rings. The predicted molar refractivity (Wildman–Crippen MR) is 53.2 cm³/mol. The van der Waals surface area contributed by atoms with Crippen molar-refractivity contribution in [3.63, 3.8) is 0 Å². The van der Waals surface area contributed by atoms with Gasteiger partial charge in [-0.3, -0.25) is 4.98 Å². The number of nitrogens with one attached hydrogen (secondary N) is 1. The molecule has 3 N–H and O–H groups in total. The largest absolute Gasteiger partial charge is 0.370 e. The summed E-state index contributed by atoms with van der Waals surface area (Å²) in [6.45, 7) is 3.38. The first-order valence-electron chi connectivity index (χ1n) is 4.25. The van der Waals surface area contributed by atoms with E-state index in [4.69, 9.17) is 5.73 Å². The lowest BCUT2D eigenvalue weighted by molar-refractivity contribution is 0.924. The smallest absolute Gasteiger partial charge is 0.188 e. The van der Waals surface area contributed by atoms with Crippen molar-refractivity contribution in [2.24, 2.45) is 10.7 Å². The Morgan fingerprint density at radius 3 is 2.85 bits per heavy atom. The van der Waals surface area contributed by atoms with Crippen LogP contribution in [0, 0.1) is 0 Å². The second kappa shape index (κ2) is 5.13. The summed E-state index contributed by atoms with van der Waals surface area (Å²) >= 11 is 0. The van der Waals surface area contributed by atoms with Gasteiger partial charge in [-0.1, -0.05) is 0 Å². The van der Waals surface area contributed by atoms with Gasteiger partial charge < -0.3 is 11.1 Å². The molecule has 13 heavy (non-hydrogen) atoms. The second-order valence-electron chi connectivity index (χ2n) is 2.59. The summed E-state index contributed by atoms with van der Waals surface area (Å²) in [4.78, 5) is 8.05. The molecule has 0 amide bonds. The molecule has 70 valence electrons. The Kier molecular flexibility index (Phi) is 3.75. The molecule has 0 aliphatic carbocycles. The minimum Gasteiger partial charge on any atom is -0.370 e. The van der Waals surface area contributed by atoms with Gasteiger partial charge in [0.25, 0.3) is 0 Å². The van der Waals surface area contributed by atoms with E-state index in [1.165, 1.54) is 0 Å². The Labute approximate surface area is 77.9 Å². The summed E-state index contributed by atoms with van der Waals surface area (Å²) in [5.41, 5.74) is 6.66. The maximum Gasteiger partial charge on any atom is 0.188 e. The van der Waals surface area contributed by atoms with E-state index in [1.54, 1.807) is 12.4 Å². The molecule has 0 aliphatic heterocycles. The molecule has 0 unspecified atom stereocenters. The van der Waals surface area contributed by atoms with Gasteiger partial charge >= 0.3 is 0 Å². The van der Waals surface area contributed by atoms with Crippen molar-refractivity contribution in [1.29, 1.82) is 0 Å². The Bertz CT molecular complexity index is 268. The number of rotatable bonds is 3. The summed E-state index contributed by atoms with van der Waals surface area (Å²) in [7, 11) is 0. The van der Waals surface area contributed by atoms with E-state index >= 15 is 0 Å². The Balaban J connectivity index is 2.47. The molecule has 0 saturated heterocycles. The lowest BCUT2D eigenvalue weighted by Crippen LogP contribution is -2.31. The van der Waals surface area contributed by atoms with Crippen LogP contribution in [0.2, 0.25) is 0 Å². The van der Waals surface area contributed by atoms with Crippen LogP contribution in [0.1, 0.15) is 12.5 Å². The molecular weight excluding hydrogens is 164 g/mol. The van der Waals surface area contributed by atoms with Gasteiger partial charge in [0, 0.05) is 18.9 Å². The van der Waals surface area contributed by atoms with Crippen molar-refractivity contribution in [3.05, 3.63) is 30.1 Å². The molecule has 0 radical (unpaired) electrons. The van der Waals surface area contributed by atoms with Gasteiger partial charge in [-0.05, 0) is 24.6 Å². The lowest BCUT2D eigenvalue weighted by Gasteiger charge is -2.01. The first-order chi connectivity index (χ1) is 6.33. The summed E-state index contributed by atoms with van der Waals surface area (Å²) in [5.74, 6) is 0.485. The minimum absolute atomic E-state index is 0.485. The molecule has 1 aromatic heterocycles. The quantitative estimate of drug-likeness (QED) is 0.523. The highest BCUT2D eigenvalue weighted by Crippen LogP contribution is 1.97. The Morgan fingerprint density at radius 2 is 2.23 bits per heavy atom. The van der Waals surface area contributed by atoms with E-state index in [9.17, 15) is 0 Å². The number of hydrogen-bond donors (Lipinski definition) is 2. The van der Waals surface area contributed by atoms with Crippen LogP contribution >= 0.6 is 0 Å². The van der Waals surface area contributed by atoms with E-state index in [0.29, 0.717) is 12.5 Å². The third-order valence-electron chi connectivity index (χ3n) is 1.54. The van der Waals surface area contributed by atoms with Crippen molar-refractivity contribution in [2.75, 3.05) is 6.54 Å². The van der Waals surface area contributed by atoms with Crippen LogP contribution in [0.4, 0.5) is 0 Å². The van der Waals surface area contributed by atoms with Crippen molar-refractivity contribution in [2.45, 2.75) is 13.5 Å². The maximum atomic E-state index is 5.56. The van der Waals surface area contributed by atoms with Crippen LogP contribution in [0.15, 0.2) is 29.5 Å². The molecule has 4 nitrogen and oxygen atoms in total. The third-order valence-corrected chi connectivity index (χ3v) is 1.54. The molecule has 0 aromatic carbocycles. The number of guanidine groups is 1. The highest BCUT2D eigenvalue weighted by atomic mass is 15.1. The van der Waals surface area contributed by atoms with Gasteiger partial charge in [-0.15, -0.1) is 0 Å². The first kappa shape index (κ1) is 9.51. The van der Waals surface area contributed by atoms with Gasteiger partial charge in [0.2, 0.25) is 0 Å². The highest BCUT2D eigenvalue weighted by Gasteiger charge is 1.90. The standard InChI is InChI=1S/C9H14N4/c1-2-12-9(10)13-7-8-3-5-11-6-4-8/h3-6H,2,7H2,1H3,(H3,10,12,13). The van der Waals surface area contributed by atoms with E-state index in [1.807, 2.05) is 19.1 Å². The van der Waals surface area contributed by atoms with Crippen LogP contribution in [0.3, 0.4) is 0 Å². The number of hydrogen-bond acceptors (Lipinski definition) is 2. The fourth-order valence-electron chi connectivity index (χ4n) is 0.902. The molecule has 0 atom stereocenters. The average molecular weight is 178 g/mol. The Hall–Kier alpha value is -1.58. The van der Waals surface area contributed by atoms with Crippen LogP contribution in [0.25, 0.3) is 0 Å². The van der Waals surface area contributed by atoms with Crippen LogP contribution in [-0.2, 0) is 6.54 Å². The number of pyridine rings is 1. The third kappa shape index (κ3) is 3.55. The molecule has 1 aromatic rings. The molecule has 4 heteroatoms. The molecule has 0 fully saturated rings. The molecule has 1 rings (SSSR count). The number of nitrogens with zero attached hydrogens (tertiary/aromatic N) is 2. The van der Waals surface area contributed by atoms with Crippen LogP contribution < -0.4 is 11.1 Å². The Morgan fingerprint density at radius 1 is 1.54 bits per heavy atom.